The Bertz CT molecular complexity index is 963. The molecule has 0 aliphatic carbocycles. The molecule has 128 valence electrons. The fraction of sp³-hybridized carbons (Fsp3) is 0.286. The molecule has 1 N–H and O–H groups in total. The van der Waals surface area contributed by atoms with E-state index in [1.165, 1.54) is 11.4 Å². The van der Waals surface area contributed by atoms with E-state index in [4.69, 9.17) is 0 Å². The molecule has 2 heterocycles. The minimum absolute atomic E-state index is 0.0126. The Morgan fingerprint density at radius 2 is 1.76 bits per heavy atom. The van der Waals surface area contributed by atoms with E-state index in [1.54, 1.807) is 0 Å². The molecule has 2 aromatic carbocycles. The molecule has 25 heavy (non-hydrogen) atoms. The number of nitrogens with one attached hydrogen (secondary N) is 1. The van der Waals surface area contributed by atoms with Gasteiger partial charge >= 0.3 is 0 Å². The predicted octanol–water partition coefficient (Wildman–Crippen LogP) is 3.62. The van der Waals surface area contributed by atoms with Crippen molar-refractivity contribution in [2.45, 2.75) is 13.5 Å². The van der Waals surface area contributed by atoms with Crippen LogP contribution in [0, 0.1) is 5.92 Å². The van der Waals surface area contributed by atoms with Gasteiger partial charge in [-0.25, -0.2) is 0 Å². The van der Waals surface area contributed by atoms with Gasteiger partial charge in [-0.05, 0) is 35.6 Å². The average Bonchev–Trinajstić information content (AvgIpc) is 2.72. The summed E-state index contributed by atoms with van der Waals surface area (Å²) in [6.07, 6.45) is 0. The van der Waals surface area contributed by atoms with Crippen molar-refractivity contribution in [3.63, 3.8) is 0 Å². The molecule has 4 rings (SSSR count). The number of aromatic nitrogens is 1. The lowest BCUT2D eigenvalue weighted by Crippen LogP contribution is -2.30. The fourth-order valence-corrected chi connectivity index (χ4v) is 3.86. The van der Waals surface area contributed by atoms with Crippen LogP contribution in [-0.2, 0) is 6.54 Å². The van der Waals surface area contributed by atoms with Gasteiger partial charge in [-0.1, -0.05) is 37.3 Å². The van der Waals surface area contributed by atoms with Crippen LogP contribution in [0.25, 0.3) is 10.8 Å². The van der Waals surface area contributed by atoms with E-state index in [9.17, 15) is 4.79 Å². The molecule has 0 bridgehead atoms. The highest BCUT2D eigenvalue weighted by Gasteiger charge is 2.22. The number of fused-ring (bicyclic) bond motifs is 2. The van der Waals surface area contributed by atoms with Gasteiger partial charge in [0.1, 0.15) is 0 Å². The number of rotatable bonds is 2. The monoisotopic (exact) mass is 333 g/mol. The molecule has 0 unspecified atom stereocenters. The van der Waals surface area contributed by atoms with Gasteiger partial charge in [0.05, 0.1) is 17.9 Å². The van der Waals surface area contributed by atoms with Crippen LogP contribution >= 0.6 is 0 Å². The van der Waals surface area contributed by atoms with Crippen LogP contribution in [0.1, 0.15) is 12.6 Å². The number of anilines is 2. The van der Waals surface area contributed by atoms with Gasteiger partial charge in [-0.15, -0.1) is 0 Å². The van der Waals surface area contributed by atoms with Crippen molar-refractivity contribution < 1.29 is 0 Å². The maximum atomic E-state index is 12.4. The standard InChI is InChI=1S/C21H23N3O/c1-15-12-23(2)19-9-5-6-10-20(19)24(13-15)14-17-11-16-7-3-4-8-18(16)21(25)22-17/h3-11,15H,12-14H2,1-2H3,(H,22,25)/t15-/m1/s1. The van der Waals surface area contributed by atoms with Gasteiger partial charge in [-0.3, -0.25) is 4.79 Å². The lowest BCUT2D eigenvalue weighted by molar-refractivity contribution is 0.568. The molecule has 0 spiro atoms. The summed E-state index contributed by atoms with van der Waals surface area (Å²) in [5.41, 5.74) is 3.41. The highest BCUT2D eigenvalue weighted by atomic mass is 16.1. The lowest BCUT2D eigenvalue weighted by atomic mass is 10.1. The van der Waals surface area contributed by atoms with Crippen LogP contribution in [0.5, 0.6) is 0 Å². The minimum atomic E-state index is -0.0126. The summed E-state index contributed by atoms with van der Waals surface area (Å²) >= 11 is 0. The molecule has 4 heteroatoms. The van der Waals surface area contributed by atoms with E-state index >= 15 is 0 Å². The first kappa shape index (κ1) is 15.8. The number of hydrogen-bond acceptors (Lipinski definition) is 3. The zero-order valence-corrected chi connectivity index (χ0v) is 14.7. The van der Waals surface area contributed by atoms with E-state index in [0.29, 0.717) is 12.5 Å². The lowest BCUT2D eigenvalue weighted by Gasteiger charge is -2.26. The number of H-pyrrole nitrogens is 1. The Kier molecular flexibility index (Phi) is 3.96. The van der Waals surface area contributed by atoms with E-state index in [-0.39, 0.29) is 5.56 Å². The van der Waals surface area contributed by atoms with E-state index in [0.717, 1.165) is 29.6 Å². The largest absolute Gasteiger partial charge is 0.373 e. The van der Waals surface area contributed by atoms with E-state index < -0.39 is 0 Å². The number of pyridine rings is 1. The van der Waals surface area contributed by atoms with Gasteiger partial charge in [0.2, 0.25) is 0 Å². The average molecular weight is 333 g/mol. The van der Waals surface area contributed by atoms with E-state index in [1.807, 2.05) is 24.3 Å². The molecule has 3 aromatic rings. The third-order valence-electron chi connectivity index (χ3n) is 4.92. The Labute approximate surface area is 147 Å². The maximum absolute atomic E-state index is 12.4. The minimum Gasteiger partial charge on any atom is -0.373 e. The Hall–Kier alpha value is -2.75. The van der Waals surface area contributed by atoms with Gasteiger partial charge in [-0.2, -0.15) is 0 Å². The quantitative estimate of drug-likeness (QED) is 0.778. The van der Waals surface area contributed by atoms with Crippen molar-refractivity contribution in [2.75, 3.05) is 29.9 Å². The molecular formula is C21H23N3O. The summed E-state index contributed by atoms with van der Waals surface area (Å²) in [7, 11) is 2.15. The van der Waals surface area contributed by atoms with Crippen molar-refractivity contribution in [2.24, 2.45) is 5.92 Å². The molecule has 0 saturated heterocycles. The zero-order valence-electron chi connectivity index (χ0n) is 14.7. The number of benzene rings is 2. The number of nitrogens with zero attached hydrogens (tertiary/aromatic N) is 2. The second-order valence-corrected chi connectivity index (χ2v) is 7.07. The van der Waals surface area contributed by atoms with Gasteiger partial charge < -0.3 is 14.8 Å². The normalized spacial score (nSPS) is 17.4. The summed E-state index contributed by atoms with van der Waals surface area (Å²) < 4.78 is 0. The Morgan fingerprint density at radius 1 is 1.04 bits per heavy atom. The molecule has 4 nitrogen and oxygen atoms in total. The zero-order chi connectivity index (χ0) is 17.4. The van der Waals surface area contributed by atoms with Crippen LogP contribution in [-0.4, -0.2) is 25.1 Å². The summed E-state index contributed by atoms with van der Waals surface area (Å²) in [4.78, 5) is 20.2. The summed E-state index contributed by atoms with van der Waals surface area (Å²) in [5.74, 6) is 0.546. The SMILES string of the molecule is C[C@@H]1CN(C)c2ccccc2N(Cc2cc3ccccc3c(=O)[nH]2)C1. The highest BCUT2D eigenvalue weighted by molar-refractivity contribution is 5.81. The summed E-state index contributed by atoms with van der Waals surface area (Å²) in [6, 6.07) is 18.4. The third kappa shape index (κ3) is 3.00. The van der Waals surface area contributed by atoms with Crippen LogP contribution in [0.2, 0.25) is 0 Å². The Morgan fingerprint density at radius 3 is 2.60 bits per heavy atom. The van der Waals surface area contributed by atoms with Gasteiger partial charge in [0, 0.05) is 31.2 Å². The van der Waals surface area contributed by atoms with E-state index in [2.05, 4.69) is 59.1 Å². The fourth-order valence-electron chi connectivity index (χ4n) is 3.86. The molecule has 1 aromatic heterocycles. The molecule has 1 atom stereocenters. The first-order valence-electron chi connectivity index (χ1n) is 8.78. The molecular weight excluding hydrogens is 310 g/mol. The van der Waals surface area contributed by atoms with Crippen molar-refractivity contribution in [1.82, 2.24) is 4.98 Å². The number of para-hydroxylation sites is 2. The van der Waals surface area contributed by atoms with Gasteiger partial charge in [0.15, 0.2) is 0 Å². The maximum Gasteiger partial charge on any atom is 0.256 e. The molecule has 1 aliphatic rings. The molecule has 0 saturated carbocycles. The van der Waals surface area contributed by atoms with Crippen molar-refractivity contribution in [3.8, 4) is 0 Å². The van der Waals surface area contributed by atoms with Gasteiger partial charge in [0.25, 0.3) is 5.56 Å². The van der Waals surface area contributed by atoms with Crippen molar-refractivity contribution in [1.29, 1.82) is 0 Å². The Balaban J connectivity index is 1.74. The molecule has 0 fully saturated rings. The van der Waals surface area contributed by atoms with Crippen molar-refractivity contribution in [3.05, 3.63) is 70.6 Å². The smallest absolute Gasteiger partial charge is 0.256 e. The third-order valence-corrected chi connectivity index (χ3v) is 4.92. The first-order valence-corrected chi connectivity index (χ1v) is 8.78. The molecule has 0 radical (unpaired) electrons. The number of aromatic amines is 1. The molecule has 1 aliphatic heterocycles. The summed E-state index contributed by atoms with van der Waals surface area (Å²) in [5, 5.41) is 1.74. The second-order valence-electron chi connectivity index (χ2n) is 7.07. The topological polar surface area (TPSA) is 39.3 Å². The highest BCUT2D eigenvalue weighted by Crippen LogP contribution is 2.33. The molecule has 0 amide bonds. The first-order chi connectivity index (χ1) is 12.1. The summed E-state index contributed by atoms with van der Waals surface area (Å²) in [6.45, 7) is 4.98. The number of hydrogen-bond donors (Lipinski definition) is 1. The predicted molar refractivity (Wildman–Crippen MR) is 104 cm³/mol. The van der Waals surface area contributed by atoms with Crippen LogP contribution < -0.4 is 15.4 Å². The van der Waals surface area contributed by atoms with Crippen molar-refractivity contribution >= 4 is 22.1 Å². The van der Waals surface area contributed by atoms with Crippen LogP contribution in [0.4, 0.5) is 11.4 Å². The second kappa shape index (κ2) is 6.28. The van der Waals surface area contributed by atoms with Crippen LogP contribution in [0.3, 0.4) is 0 Å². The van der Waals surface area contributed by atoms with Crippen LogP contribution in [0.15, 0.2) is 59.4 Å².